The molecular weight excluding hydrogens is 937 g/mol. The number of rotatable bonds is 47. The lowest BCUT2D eigenvalue weighted by molar-refractivity contribution is -0.137. The topological polar surface area (TPSA) is 326 Å². The molecule has 0 spiro atoms. The van der Waals surface area contributed by atoms with Gasteiger partial charge in [0.2, 0.25) is 23.6 Å². The van der Waals surface area contributed by atoms with E-state index in [9.17, 15) is 53.7 Å². The van der Waals surface area contributed by atoms with Gasteiger partial charge >= 0.3 is 0 Å². The number of ketones is 4. The third-order valence-corrected chi connectivity index (χ3v) is 13.4. The van der Waals surface area contributed by atoms with Crippen molar-refractivity contribution in [3.63, 3.8) is 0 Å². The Morgan fingerprint density at radius 2 is 1.00 bits per heavy atom. The number of nitrogens with one attached hydrogen (secondary N) is 5. The molecule has 0 unspecified atom stereocenters. The molecule has 0 fully saturated rings. The Kier molecular flexibility index (Phi) is 37.3. The average Bonchev–Trinajstić information content (AvgIpc) is 3.89. The van der Waals surface area contributed by atoms with Crippen molar-refractivity contribution in [2.75, 3.05) is 32.9 Å². The second-order valence-corrected chi connectivity index (χ2v) is 20.2. The predicted octanol–water partition coefficient (Wildman–Crippen LogP) is 4.36. The number of aliphatic hydroxyl groups is 3. The van der Waals surface area contributed by atoms with Crippen LogP contribution < -0.4 is 32.7 Å². The van der Waals surface area contributed by atoms with Gasteiger partial charge in [-0.2, -0.15) is 0 Å². The highest BCUT2D eigenvalue weighted by Crippen LogP contribution is 2.20. The predicted molar refractivity (Wildman–Crippen MR) is 281 cm³/mol. The van der Waals surface area contributed by atoms with Crippen LogP contribution in [0.1, 0.15) is 194 Å². The smallest absolute Gasteiger partial charge is 0.226 e. The Morgan fingerprint density at radius 1 is 0.534 bits per heavy atom. The van der Waals surface area contributed by atoms with E-state index >= 15 is 0 Å². The minimum atomic E-state index is -1.36. The number of nitrogens with two attached hydrogens (primary N) is 2. The molecule has 1 aromatic rings. The molecule has 0 saturated heterocycles. The van der Waals surface area contributed by atoms with E-state index in [1.807, 2.05) is 13.8 Å². The molecule has 73 heavy (non-hydrogen) atoms. The zero-order valence-electron chi connectivity index (χ0n) is 44.9. The first-order valence-corrected chi connectivity index (χ1v) is 27.6. The third-order valence-electron chi connectivity index (χ3n) is 13.4. The van der Waals surface area contributed by atoms with Crippen LogP contribution in [-0.2, 0) is 44.8 Å². The molecule has 418 valence electrons. The van der Waals surface area contributed by atoms with Crippen LogP contribution in [0.5, 0.6) is 0 Å². The number of hydrogen-bond acceptors (Lipinski definition) is 14. The highest BCUT2D eigenvalue weighted by atomic mass is 16.3. The summed E-state index contributed by atoms with van der Waals surface area (Å²) < 4.78 is 0. The maximum atomic E-state index is 14.0. The van der Waals surface area contributed by atoms with Crippen molar-refractivity contribution in [3.8, 4) is 0 Å². The third kappa shape index (κ3) is 29.3. The summed E-state index contributed by atoms with van der Waals surface area (Å²) in [6.07, 6.45) is 19.8. The van der Waals surface area contributed by atoms with Crippen molar-refractivity contribution in [1.82, 2.24) is 31.2 Å². The summed E-state index contributed by atoms with van der Waals surface area (Å²) in [7, 11) is 0. The molecule has 0 radical (unpaired) electrons. The van der Waals surface area contributed by atoms with Gasteiger partial charge in [0.25, 0.3) is 0 Å². The first-order chi connectivity index (χ1) is 35.1. The van der Waals surface area contributed by atoms with Crippen LogP contribution in [0.15, 0.2) is 12.5 Å². The molecule has 1 heterocycles. The van der Waals surface area contributed by atoms with E-state index in [0.29, 0.717) is 57.3 Å². The minimum Gasteiger partial charge on any atom is -0.396 e. The van der Waals surface area contributed by atoms with Gasteiger partial charge in [0.05, 0.1) is 56.1 Å². The number of nitrogens with zero attached hydrogens (tertiary/aromatic N) is 1. The van der Waals surface area contributed by atoms with Gasteiger partial charge in [0.15, 0.2) is 23.1 Å². The van der Waals surface area contributed by atoms with Crippen LogP contribution >= 0.6 is 0 Å². The Morgan fingerprint density at radius 3 is 1.48 bits per heavy atom. The number of amides is 4. The highest BCUT2D eigenvalue weighted by molar-refractivity contribution is 5.97. The molecule has 0 aliphatic heterocycles. The molecule has 4 amide bonds. The lowest BCUT2D eigenvalue weighted by atomic mass is 9.90. The van der Waals surface area contributed by atoms with Crippen LogP contribution in [0.4, 0.5) is 0 Å². The number of hydrogen-bond donors (Lipinski definition) is 10. The molecule has 0 aliphatic carbocycles. The number of H-pyrrole nitrogens is 1. The van der Waals surface area contributed by atoms with E-state index < -0.39 is 110 Å². The zero-order chi connectivity index (χ0) is 54.4. The van der Waals surface area contributed by atoms with Gasteiger partial charge in [-0.05, 0) is 64.0 Å². The van der Waals surface area contributed by atoms with E-state index in [2.05, 4.69) is 38.2 Å². The molecule has 0 aliphatic rings. The first kappa shape index (κ1) is 66.6. The van der Waals surface area contributed by atoms with E-state index in [1.54, 1.807) is 6.92 Å². The number of aromatic nitrogens is 2. The van der Waals surface area contributed by atoms with Crippen molar-refractivity contribution in [2.24, 2.45) is 35.1 Å². The molecule has 0 aromatic carbocycles. The van der Waals surface area contributed by atoms with E-state index in [0.717, 1.165) is 19.3 Å². The van der Waals surface area contributed by atoms with Crippen molar-refractivity contribution in [2.45, 2.75) is 219 Å². The van der Waals surface area contributed by atoms with Crippen molar-refractivity contribution < 1.29 is 53.7 Å². The fourth-order valence-electron chi connectivity index (χ4n) is 8.82. The number of Topliss-reactive ketones (excluding diaryl/α,β-unsaturated/α-hetero) is 4. The van der Waals surface area contributed by atoms with Gasteiger partial charge in [-0.3, -0.25) is 38.4 Å². The maximum absolute atomic E-state index is 14.0. The minimum absolute atomic E-state index is 0.108. The van der Waals surface area contributed by atoms with Crippen LogP contribution in [0.2, 0.25) is 0 Å². The summed E-state index contributed by atoms with van der Waals surface area (Å²) in [5.74, 6) is -8.14. The fourth-order valence-corrected chi connectivity index (χ4v) is 8.82. The Hall–Kier alpha value is -4.43. The summed E-state index contributed by atoms with van der Waals surface area (Å²) in [4.78, 5) is 115. The SMILES string of the molecule is CCCCCCCCCCCCCCCC(=O)N[C@@H](CO)C(=O)C[C@@H](CCCCN)C(=O)N[C@@H](CC(C)C)C(=O)C[C@@H](CO)C(=O)N[C@@H](Cc1cnc[nH]1)C(=O)C[C@@H](CO)C(=O)N[C@@H](CCCCN)C(=O)CC. The molecule has 7 atom stereocenters. The van der Waals surface area contributed by atoms with Gasteiger partial charge in [-0.1, -0.05) is 111 Å². The lowest BCUT2D eigenvalue weighted by Gasteiger charge is -2.26. The number of imidazole rings is 1. The fraction of sp³-hybridized carbons (Fsp3) is 0.796. The van der Waals surface area contributed by atoms with Gasteiger partial charge < -0.3 is 53.0 Å². The molecule has 0 saturated carbocycles. The summed E-state index contributed by atoms with van der Waals surface area (Å²) in [6, 6.07) is -4.46. The van der Waals surface area contributed by atoms with Crippen LogP contribution in [0.3, 0.4) is 0 Å². The number of aliphatic hydroxyl groups excluding tert-OH is 3. The normalized spacial score (nSPS) is 14.3. The monoisotopic (exact) mass is 1030 g/mol. The maximum Gasteiger partial charge on any atom is 0.226 e. The second-order valence-electron chi connectivity index (χ2n) is 20.2. The lowest BCUT2D eigenvalue weighted by Crippen LogP contribution is -2.50. The molecule has 1 rings (SSSR count). The Balaban J connectivity index is 3.03. The summed E-state index contributed by atoms with van der Waals surface area (Å²) in [6.45, 7) is 6.15. The summed E-state index contributed by atoms with van der Waals surface area (Å²) in [5.41, 5.74) is 11.8. The van der Waals surface area contributed by atoms with Crippen molar-refractivity contribution in [1.29, 1.82) is 0 Å². The van der Waals surface area contributed by atoms with Crippen LogP contribution in [0, 0.1) is 23.7 Å². The van der Waals surface area contributed by atoms with Crippen molar-refractivity contribution in [3.05, 3.63) is 18.2 Å². The number of unbranched alkanes of at least 4 members (excludes halogenated alkanes) is 14. The van der Waals surface area contributed by atoms with Crippen molar-refractivity contribution >= 4 is 46.8 Å². The van der Waals surface area contributed by atoms with E-state index in [1.165, 1.54) is 70.3 Å². The van der Waals surface area contributed by atoms with Gasteiger partial charge in [0.1, 0.15) is 6.04 Å². The molecule has 19 nitrogen and oxygen atoms in total. The Labute approximate surface area is 435 Å². The Bertz CT molecular complexity index is 1730. The van der Waals surface area contributed by atoms with E-state index in [-0.39, 0.29) is 56.1 Å². The van der Waals surface area contributed by atoms with Crippen LogP contribution in [0.25, 0.3) is 0 Å². The molecular formula is C54H96N8O11. The molecule has 12 N–H and O–H groups in total. The highest BCUT2D eigenvalue weighted by Gasteiger charge is 2.35. The zero-order valence-corrected chi connectivity index (χ0v) is 44.9. The quantitative estimate of drug-likeness (QED) is 0.0406. The number of carbonyl (C=O) groups excluding carboxylic acids is 8. The second kappa shape index (κ2) is 40.9. The largest absolute Gasteiger partial charge is 0.396 e. The van der Waals surface area contributed by atoms with Gasteiger partial charge in [-0.15, -0.1) is 0 Å². The first-order valence-electron chi connectivity index (χ1n) is 27.6. The summed E-state index contributed by atoms with van der Waals surface area (Å²) >= 11 is 0. The van der Waals surface area contributed by atoms with E-state index in [4.69, 9.17) is 11.5 Å². The molecule has 19 heteroatoms. The standard InChI is InChI=1S/C54H96N8O11/c1-5-7-8-9-10-11-12-13-14-15-16-17-18-25-51(70)59-46(36-65)50(69)29-39(23-19-21-26-55)52(71)61-44(28-38(3)4)48(67)30-41(35-64)54(73)62-45(32-42-33-57-37-58-42)49(68)31-40(34-63)53(72)60-43(47(66)6-2)24-20-22-27-56/h33,37-41,43-46,63-65H,5-32,34-36,55-56H2,1-4H3,(H,57,58)(H,59,70)(H,60,72)(H,61,71)(H,62,73)/t39-,40+,41+,43+,44+,45+,46+/m1/s1. The number of aromatic amines is 1. The molecule has 0 bridgehead atoms. The van der Waals surface area contributed by atoms with Crippen LogP contribution in [-0.4, -0.2) is 129 Å². The number of carbonyl (C=O) groups is 8. The molecule has 1 aromatic heterocycles. The summed E-state index contributed by atoms with van der Waals surface area (Å²) in [5, 5.41) is 41.5. The average molecular weight is 1030 g/mol. The van der Waals surface area contributed by atoms with Gasteiger partial charge in [-0.25, -0.2) is 4.98 Å². The van der Waals surface area contributed by atoms with Gasteiger partial charge in [0, 0.05) is 56.3 Å².